The van der Waals surface area contributed by atoms with Crippen molar-refractivity contribution in [2.75, 3.05) is 5.32 Å². The van der Waals surface area contributed by atoms with Gasteiger partial charge in [0.25, 0.3) is 0 Å². The van der Waals surface area contributed by atoms with Crippen molar-refractivity contribution in [2.24, 2.45) is 17.3 Å². The number of aliphatic hydroxyl groups is 1. The monoisotopic (exact) mass is 286 g/mol. The van der Waals surface area contributed by atoms with Crippen molar-refractivity contribution in [3.05, 3.63) is 23.9 Å². The number of nitrogens with one attached hydrogen (secondary N) is 1. The number of hydrogen-bond acceptors (Lipinski definition) is 3. The molecule has 4 aliphatic carbocycles. The summed E-state index contributed by atoms with van der Waals surface area (Å²) in [5.41, 5.74) is 0.121. The molecule has 2 unspecified atom stereocenters. The zero-order chi connectivity index (χ0) is 14.7. The quantitative estimate of drug-likeness (QED) is 0.878. The number of hydrogen-bond donors (Lipinski definition) is 2. The summed E-state index contributed by atoms with van der Waals surface area (Å²) in [6.45, 7) is 1.99. The van der Waals surface area contributed by atoms with Crippen LogP contribution in [0.1, 0.15) is 44.1 Å². The molecular weight excluding hydrogens is 264 g/mol. The van der Waals surface area contributed by atoms with Crippen LogP contribution in [0.3, 0.4) is 0 Å². The molecular formula is C17H22N2O2. The Bertz CT molecular complexity index is 584. The smallest absolute Gasteiger partial charge is 0.231 e. The molecule has 5 rings (SSSR count). The maximum atomic E-state index is 12.9. The summed E-state index contributed by atoms with van der Waals surface area (Å²) >= 11 is 0. The molecule has 0 spiro atoms. The number of aryl methyl sites for hydroxylation is 1. The summed E-state index contributed by atoms with van der Waals surface area (Å²) in [6.07, 6.45) is 7.19. The minimum atomic E-state index is -0.596. The van der Waals surface area contributed by atoms with Crippen LogP contribution >= 0.6 is 0 Å². The van der Waals surface area contributed by atoms with E-state index in [1.54, 1.807) is 6.20 Å². The number of amides is 1. The molecule has 0 aliphatic heterocycles. The molecule has 0 saturated heterocycles. The second kappa shape index (κ2) is 4.29. The van der Waals surface area contributed by atoms with Crippen LogP contribution in [0.2, 0.25) is 0 Å². The molecule has 112 valence electrons. The summed E-state index contributed by atoms with van der Waals surface area (Å²) < 4.78 is 0. The lowest BCUT2D eigenvalue weighted by Gasteiger charge is -2.59. The summed E-state index contributed by atoms with van der Waals surface area (Å²) in [7, 11) is 0. The van der Waals surface area contributed by atoms with Gasteiger partial charge in [0.05, 0.1) is 11.0 Å². The van der Waals surface area contributed by atoms with Crippen LogP contribution in [0.15, 0.2) is 18.3 Å². The van der Waals surface area contributed by atoms with Crippen molar-refractivity contribution in [1.82, 2.24) is 4.98 Å². The predicted octanol–water partition coefficient (Wildman–Crippen LogP) is 2.66. The molecule has 21 heavy (non-hydrogen) atoms. The van der Waals surface area contributed by atoms with Crippen LogP contribution in [0, 0.1) is 24.2 Å². The lowest BCUT2D eigenvalue weighted by Crippen LogP contribution is -2.59. The molecule has 4 saturated carbocycles. The first-order valence-corrected chi connectivity index (χ1v) is 7.93. The van der Waals surface area contributed by atoms with E-state index in [9.17, 15) is 9.90 Å². The molecule has 4 bridgehead atoms. The maximum absolute atomic E-state index is 12.9. The molecule has 1 aromatic rings. The van der Waals surface area contributed by atoms with Gasteiger partial charge in [-0.15, -0.1) is 0 Å². The number of carbonyl (C=O) groups excluding carboxylic acids is 1. The second-order valence-electron chi connectivity index (χ2n) is 7.64. The molecule has 4 fully saturated rings. The van der Waals surface area contributed by atoms with Gasteiger partial charge in [-0.3, -0.25) is 4.79 Å². The number of aromatic nitrogens is 1. The van der Waals surface area contributed by atoms with Gasteiger partial charge >= 0.3 is 0 Å². The van der Waals surface area contributed by atoms with Gasteiger partial charge in [-0.25, -0.2) is 4.98 Å². The molecule has 1 heterocycles. The van der Waals surface area contributed by atoms with Crippen molar-refractivity contribution in [3.8, 4) is 0 Å². The number of carbonyl (C=O) groups is 1. The summed E-state index contributed by atoms with van der Waals surface area (Å²) in [5, 5.41) is 13.7. The summed E-state index contributed by atoms with van der Waals surface area (Å²) in [4.78, 5) is 17.1. The fraction of sp³-hybridized carbons (Fsp3) is 0.647. The Morgan fingerprint density at radius 3 is 2.67 bits per heavy atom. The Morgan fingerprint density at radius 2 is 2.05 bits per heavy atom. The molecule has 2 atom stereocenters. The van der Waals surface area contributed by atoms with Crippen molar-refractivity contribution in [2.45, 2.75) is 51.0 Å². The number of pyridine rings is 1. The molecule has 1 amide bonds. The van der Waals surface area contributed by atoms with Crippen LogP contribution in [0.25, 0.3) is 0 Å². The first-order valence-electron chi connectivity index (χ1n) is 7.93. The van der Waals surface area contributed by atoms with Crippen molar-refractivity contribution >= 4 is 11.7 Å². The highest BCUT2D eigenvalue weighted by molar-refractivity contribution is 5.95. The minimum absolute atomic E-state index is 0.0631. The zero-order valence-corrected chi connectivity index (χ0v) is 12.4. The molecule has 4 aliphatic rings. The van der Waals surface area contributed by atoms with Gasteiger partial charge in [-0.2, -0.15) is 0 Å². The van der Waals surface area contributed by atoms with E-state index >= 15 is 0 Å². The van der Waals surface area contributed by atoms with Crippen molar-refractivity contribution in [1.29, 1.82) is 0 Å². The Morgan fingerprint density at radius 1 is 1.33 bits per heavy atom. The number of nitrogens with zero attached hydrogens (tertiary/aromatic N) is 1. The van der Waals surface area contributed by atoms with Crippen molar-refractivity contribution in [3.63, 3.8) is 0 Å². The topological polar surface area (TPSA) is 62.2 Å². The van der Waals surface area contributed by atoms with E-state index in [1.807, 2.05) is 19.1 Å². The van der Waals surface area contributed by atoms with E-state index in [0.29, 0.717) is 24.1 Å². The van der Waals surface area contributed by atoms with E-state index in [-0.39, 0.29) is 11.3 Å². The first kappa shape index (κ1) is 13.3. The highest BCUT2D eigenvalue weighted by atomic mass is 16.3. The zero-order valence-electron chi connectivity index (χ0n) is 12.4. The van der Waals surface area contributed by atoms with Crippen LogP contribution in [-0.2, 0) is 4.79 Å². The van der Waals surface area contributed by atoms with Gasteiger partial charge in [0.15, 0.2) is 0 Å². The third kappa shape index (κ3) is 2.16. The molecule has 0 radical (unpaired) electrons. The Hall–Kier alpha value is -1.42. The average Bonchev–Trinajstić information content (AvgIpc) is 2.35. The standard InChI is InChI=1S/C17H22N2O2/c1-11-2-3-18-14(4-11)19-15(20)16-6-12-5-13(7-16)9-17(21,8-12)10-16/h2-4,12-13,21H,5-10H2,1H3,(H,18,19,20). The highest BCUT2D eigenvalue weighted by Gasteiger charge is 2.60. The minimum Gasteiger partial charge on any atom is -0.390 e. The third-order valence-corrected chi connectivity index (χ3v) is 5.67. The van der Waals surface area contributed by atoms with E-state index in [0.717, 1.165) is 31.2 Å². The fourth-order valence-electron chi connectivity index (χ4n) is 5.33. The Kier molecular flexibility index (Phi) is 2.71. The summed E-state index contributed by atoms with van der Waals surface area (Å²) in [5.74, 6) is 1.73. The largest absolute Gasteiger partial charge is 0.390 e. The average molecular weight is 286 g/mol. The third-order valence-electron chi connectivity index (χ3n) is 5.67. The van der Waals surface area contributed by atoms with Gasteiger partial charge in [0.1, 0.15) is 5.82 Å². The van der Waals surface area contributed by atoms with E-state index in [4.69, 9.17) is 0 Å². The highest BCUT2D eigenvalue weighted by Crippen LogP contribution is 2.61. The van der Waals surface area contributed by atoms with Crippen molar-refractivity contribution < 1.29 is 9.90 Å². The van der Waals surface area contributed by atoms with E-state index in [2.05, 4.69) is 10.3 Å². The SMILES string of the molecule is Cc1ccnc(NC(=O)C23CC4CC(CC(O)(C4)C2)C3)c1. The lowest BCUT2D eigenvalue weighted by atomic mass is 9.47. The van der Waals surface area contributed by atoms with Gasteiger partial charge in [0.2, 0.25) is 5.91 Å². The molecule has 4 heteroatoms. The maximum Gasteiger partial charge on any atom is 0.231 e. The Balaban J connectivity index is 1.59. The van der Waals surface area contributed by atoms with E-state index < -0.39 is 5.60 Å². The van der Waals surface area contributed by atoms with Gasteiger partial charge in [0, 0.05) is 6.20 Å². The van der Waals surface area contributed by atoms with Gasteiger partial charge in [-0.05, 0) is 75.0 Å². The van der Waals surface area contributed by atoms with Crippen LogP contribution < -0.4 is 5.32 Å². The normalized spacial score (nSPS) is 40.3. The van der Waals surface area contributed by atoms with Crippen LogP contribution in [0.4, 0.5) is 5.82 Å². The number of anilines is 1. The fourth-order valence-corrected chi connectivity index (χ4v) is 5.33. The molecule has 2 N–H and O–H groups in total. The molecule has 0 aromatic carbocycles. The lowest BCUT2D eigenvalue weighted by molar-refractivity contribution is -0.174. The van der Waals surface area contributed by atoms with Crippen LogP contribution in [0.5, 0.6) is 0 Å². The van der Waals surface area contributed by atoms with E-state index in [1.165, 1.54) is 6.42 Å². The first-order chi connectivity index (χ1) is 9.96. The Labute approximate surface area is 125 Å². The summed E-state index contributed by atoms with van der Waals surface area (Å²) in [6, 6.07) is 3.82. The molecule has 4 nitrogen and oxygen atoms in total. The second-order valence-corrected chi connectivity index (χ2v) is 7.64. The number of rotatable bonds is 2. The van der Waals surface area contributed by atoms with Crippen LogP contribution in [-0.4, -0.2) is 21.6 Å². The van der Waals surface area contributed by atoms with Gasteiger partial charge in [-0.1, -0.05) is 0 Å². The van der Waals surface area contributed by atoms with Gasteiger partial charge < -0.3 is 10.4 Å². The predicted molar refractivity (Wildman–Crippen MR) is 79.7 cm³/mol. The molecule has 1 aromatic heterocycles.